The molecule has 9 rings (SSSR count). The van der Waals surface area contributed by atoms with Crippen LogP contribution >= 0.6 is 0 Å². The van der Waals surface area contributed by atoms with Gasteiger partial charge < -0.3 is 18.8 Å². The van der Waals surface area contributed by atoms with Crippen LogP contribution in [0.5, 0.6) is 11.5 Å². The van der Waals surface area contributed by atoms with E-state index in [2.05, 4.69) is 142 Å². The molecule has 0 saturated heterocycles. The van der Waals surface area contributed by atoms with Crippen LogP contribution in [0.4, 0.5) is 17.1 Å². The van der Waals surface area contributed by atoms with E-state index < -0.39 is 0 Å². The third kappa shape index (κ3) is 3.29. The van der Waals surface area contributed by atoms with Crippen LogP contribution in [0.2, 0.25) is 0 Å². The summed E-state index contributed by atoms with van der Waals surface area (Å²) in [5.74, 6) is 1.71. The molecule has 42 heavy (non-hydrogen) atoms. The Balaban J connectivity index is 1.20. The third-order valence-corrected chi connectivity index (χ3v) is 8.34. The molecule has 4 heteroatoms. The lowest BCUT2D eigenvalue weighted by molar-refractivity contribution is 0.477. The fourth-order valence-electron chi connectivity index (χ4n) is 6.49. The molecule has 0 atom stereocenters. The van der Waals surface area contributed by atoms with Crippen molar-refractivity contribution >= 4 is 49.8 Å². The van der Waals surface area contributed by atoms with Crippen molar-refractivity contribution in [2.24, 2.45) is 0 Å². The standard InChI is InChI=1S/C38H25N3O/c1-2-10-27(11-3-1)41-33-13-5-4-12-29(33)30-22-23-32-31(38(30)41)24-25-39(32)26-18-20-28(21-19-26)40-34-14-6-8-16-36(34)42-37-17-9-7-15-35(37)40/h1-25H. The van der Waals surface area contributed by atoms with Gasteiger partial charge in [-0.15, -0.1) is 0 Å². The van der Waals surface area contributed by atoms with Gasteiger partial charge in [0.25, 0.3) is 0 Å². The van der Waals surface area contributed by atoms with Gasteiger partial charge >= 0.3 is 0 Å². The Morgan fingerprint density at radius 3 is 1.81 bits per heavy atom. The second kappa shape index (κ2) is 8.88. The van der Waals surface area contributed by atoms with E-state index in [0.29, 0.717) is 0 Å². The van der Waals surface area contributed by atoms with Gasteiger partial charge in [-0.2, -0.15) is 0 Å². The lowest BCUT2D eigenvalue weighted by atomic mass is 10.1. The van der Waals surface area contributed by atoms with Crippen LogP contribution in [0.3, 0.4) is 0 Å². The molecule has 6 aromatic carbocycles. The van der Waals surface area contributed by atoms with Gasteiger partial charge in [-0.05, 0) is 78.9 Å². The Hall–Kier alpha value is -5.74. The summed E-state index contributed by atoms with van der Waals surface area (Å²) in [4.78, 5) is 2.27. The second-order valence-corrected chi connectivity index (χ2v) is 10.7. The maximum atomic E-state index is 6.21. The molecule has 198 valence electrons. The highest BCUT2D eigenvalue weighted by molar-refractivity contribution is 6.18. The molecule has 0 aliphatic carbocycles. The van der Waals surface area contributed by atoms with E-state index in [1.165, 1.54) is 38.4 Å². The molecular formula is C38H25N3O. The van der Waals surface area contributed by atoms with E-state index in [0.717, 1.165) is 34.2 Å². The SMILES string of the molecule is c1ccc(-n2c3ccccc3c3ccc4c(ccn4-c4ccc(N5c6ccccc6Oc6ccccc65)cc4)c32)cc1. The van der Waals surface area contributed by atoms with Crippen LogP contribution in [0.1, 0.15) is 0 Å². The molecule has 0 saturated carbocycles. The maximum absolute atomic E-state index is 6.21. The lowest BCUT2D eigenvalue weighted by Gasteiger charge is -2.32. The molecule has 4 nitrogen and oxygen atoms in total. The van der Waals surface area contributed by atoms with E-state index in [1.54, 1.807) is 0 Å². The highest BCUT2D eigenvalue weighted by Crippen LogP contribution is 2.50. The number of hydrogen-bond acceptors (Lipinski definition) is 2. The molecular weight excluding hydrogens is 514 g/mol. The minimum absolute atomic E-state index is 0.856. The fourth-order valence-corrected chi connectivity index (χ4v) is 6.49. The minimum Gasteiger partial charge on any atom is -0.453 e. The van der Waals surface area contributed by atoms with Gasteiger partial charge in [-0.25, -0.2) is 0 Å². The molecule has 0 radical (unpaired) electrons. The molecule has 0 amide bonds. The van der Waals surface area contributed by atoms with E-state index in [9.17, 15) is 0 Å². The van der Waals surface area contributed by atoms with Crippen LogP contribution in [0.15, 0.2) is 152 Å². The smallest absolute Gasteiger partial charge is 0.151 e. The largest absolute Gasteiger partial charge is 0.453 e. The Kier molecular flexibility index (Phi) is 4.87. The molecule has 3 heterocycles. The number of benzene rings is 6. The van der Waals surface area contributed by atoms with Crippen LogP contribution in [0, 0.1) is 0 Å². The number of anilines is 3. The average molecular weight is 540 g/mol. The van der Waals surface area contributed by atoms with Crippen LogP contribution in [-0.4, -0.2) is 9.13 Å². The molecule has 8 aromatic rings. The van der Waals surface area contributed by atoms with Crippen LogP contribution in [0.25, 0.3) is 44.1 Å². The summed E-state index contributed by atoms with van der Waals surface area (Å²) in [6.07, 6.45) is 2.19. The normalized spacial score (nSPS) is 12.4. The van der Waals surface area contributed by atoms with Crippen molar-refractivity contribution in [1.82, 2.24) is 9.13 Å². The highest BCUT2D eigenvalue weighted by atomic mass is 16.5. The number of ether oxygens (including phenoxy) is 1. The topological polar surface area (TPSA) is 22.3 Å². The van der Waals surface area contributed by atoms with Crippen LogP contribution in [-0.2, 0) is 0 Å². The Morgan fingerprint density at radius 1 is 0.405 bits per heavy atom. The van der Waals surface area contributed by atoms with E-state index >= 15 is 0 Å². The summed E-state index contributed by atoms with van der Waals surface area (Å²) in [6.45, 7) is 0. The van der Waals surface area contributed by atoms with Gasteiger partial charge in [0.15, 0.2) is 11.5 Å². The second-order valence-electron chi connectivity index (χ2n) is 10.7. The third-order valence-electron chi connectivity index (χ3n) is 8.34. The lowest BCUT2D eigenvalue weighted by Crippen LogP contribution is -2.15. The quantitative estimate of drug-likeness (QED) is 0.223. The van der Waals surface area contributed by atoms with Crippen molar-refractivity contribution in [3.8, 4) is 22.9 Å². The fraction of sp³-hybridized carbons (Fsp3) is 0. The molecule has 1 aliphatic heterocycles. The summed E-state index contributed by atoms with van der Waals surface area (Å²) in [5, 5.41) is 3.76. The van der Waals surface area contributed by atoms with Gasteiger partial charge in [0.05, 0.1) is 27.9 Å². The molecule has 0 N–H and O–H groups in total. The maximum Gasteiger partial charge on any atom is 0.151 e. The molecule has 0 fully saturated rings. The first kappa shape index (κ1) is 23.0. The number of nitrogens with zero attached hydrogens (tertiary/aromatic N) is 3. The first-order chi connectivity index (χ1) is 20.8. The monoisotopic (exact) mass is 539 g/mol. The van der Waals surface area contributed by atoms with E-state index in [-0.39, 0.29) is 0 Å². The van der Waals surface area contributed by atoms with Gasteiger partial charge in [0.1, 0.15) is 0 Å². The molecule has 0 bridgehead atoms. The van der Waals surface area contributed by atoms with Gasteiger partial charge in [0, 0.05) is 39.4 Å². The van der Waals surface area contributed by atoms with Crippen molar-refractivity contribution < 1.29 is 4.74 Å². The minimum atomic E-state index is 0.856. The van der Waals surface area contributed by atoms with E-state index in [1.807, 2.05) is 24.3 Å². The molecule has 1 aliphatic rings. The van der Waals surface area contributed by atoms with Crippen molar-refractivity contribution in [2.45, 2.75) is 0 Å². The molecule has 2 aromatic heterocycles. The predicted octanol–water partition coefficient (Wildman–Crippen LogP) is 10.3. The van der Waals surface area contributed by atoms with Gasteiger partial charge in [0.2, 0.25) is 0 Å². The Bertz CT molecular complexity index is 2230. The molecule has 0 spiro atoms. The van der Waals surface area contributed by atoms with Crippen molar-refractivity contribution in [3.05, 3.63) is 152 Å². The summed E-state index contributed by atoms with van der Waals surface area (Å²) < 4.78 is 10.9. The summed E-state index contributed by atoms with van der Waals surface area (Å²) in [7, 11) is 0. The number of rotatable bonds is 3. The van der Waals surface area contributed by atoms with Gasteiger partial charge in [-0.3, -0.25) is 0 Å². The Morgan fingerprint density at radius 2 is 1.05 bits per heavy atom. The first-order valence-electron chi connectivity index (χ1n) is 14.2. The average Bonchev–Trinajstić information content (AvgIpc) is 3.64. The van der Waals surface area contributed by atoms with Crippen molar-refractivity contribution in [3.63, 3.8) is 0 Å². The number of aromatic nitrogens is 2. The van der Waals surface area contributed by atoms with Crippen molar-refractivity contribution in [1.29, 1.82) is 0 Å². The number of hydrogen-bond donors (Lipinski definition) is 0. The zero-order chi connectivity index (χ0) is 27.6. The van der Waals surface area contributed by atoms with E-state index in [4.69, 9.17) is 4.74 Å². The summed E-state index contributed by atoms with van der Waals surface area (Å²) in [6, 6.07) is 51.3. The number of fused-ring (bicyclic) bond motifs is 7. The molecule has 0 unspecified atom stereocenters. The predicted molar refractivity (Wildman–Crippen MR) is 172 cm³/mol. The first-order valence-corrected chi connectivity index (χ1v) is 14.2. The summed E-state index contributed by atoms with van der Waals surface area (Å²) >= 11 is 0. The van der Waals surface area contributed by atoms with Gasteiger partial charge in [-0.1, -0.05) is 66.7 Å². The summed E-state index contributed by atoms with van der Waals surface area (Å²) in [5.41, 5.74) is 9.07. The highest BCUT2D eigenvalue weighted by Gasteiger charge is 2.25. The zero-order valence-electron chi connectivity index (χ0n) is 22.7. The number of para-hydroxylation sites is 6. The van der Waals surface area contributed by atoms with Crippen LogP contribution < -0.4 is 9.64 Å². The zero-order valence-corrected chi connectivity index (χ0v) is 22.7. The Labute approximate surface area is 242 Å². The van der Waals surface area contributed by atoms with Crippen molar-refractivity contribution in [2.75, 3.05) is 4.90 Å².